The highest BCUT2D eigenvalue weighted by Gasteiger charge is 2.59. The van der Waals surface area contributed by atoms with Crippen LogP contribution in [-0.2, 0) is 17.1 Å². The molecule has 3 atom stereocenters. The average molecular weight is 322 g/mol. The zero-order valence-electron chi connectivity index (χ0n) is 13.2. The van der Waals surface area contributed by atoms with Crippen LogP contribution >= 0.6 is 0 Å². The lowest BCUT2D eigenvalue weighted by Crippen LogP contribution is -2.75. The third kappa shape index (κ3) is 2.00. The van der Waals surface area contributed by atoms with E-state index in [1.165, 1.54) is 24.7 Å². The van der Waals surface area contributed by atoms with Gasteiger partial charge in [0.05, 0.1) is 6.33 Å². The van der Waals surface area contributed by atoms with Gasteiger partial charge in [-0.2, -0.15) is 0 Å². The van der Waals surface area contributed by atoms with Gasteiger partial charge in [-0.05, 0) is 13.3 Å². The number of hydrogen-bond acceptors (Lipinski definition) is 6. The Bertz CT molecular complexity index is 787. The van der Waals surface area contributed by atoms with Gasteiger partial charge >= 0.3 is 5.97 Å². The number of carboxylic acids is 1. The van der Waals surface area contributed by atoms with Crippen molar-refractivity contribution in [1.82, 2.24) is 14.5 Å². The lowest BCUT2D eigenvalue weighted by atomic mass is 9.85. The van der Waals surface area contributed by atoms with Crippen molar-refractivity contribution in [3.8, 4) is 0 Å². The van der Waals surface area contributed by atoms with Crippen LogP contribution in [0, 0.1) is 0 Å². The minimum Gasteiger partial charge on any atom is -0.478 e. The number of rotatable bonds is 3. The Morgan fingerprint density at radius 1 is 1.48 bits per heavy atom. The molecule has 0 aromatic carbocycles. The van der Waals surface area contributed by atoms with Gasteiger partial charge in [-0.1, -0.05) is 11.9 Å². The van der Waals surface area contributed by atoms with Gasteiger partial charge in [0.1, 0.15) is 0 Å². The van der Waals surface area contributed by atoms with Crippen molar-refractivity contribution < 1.29 is 24.7 Å². The Morgan fingerprint density at radius 2 is 2.17 bits per heavy atom. The molecular formula is C14H20N5O4+. The summed E-state index contributed by atoms with van der Waals surface area (Å²) in [4.78, 5) is 20.2. The number of nitrogens with one attached hydrogen (secondary N) is 1. The fourth-order valence-electron chi connectivity index (χ4n) is 2.99. The average Bonchev–Trinajstić information content (AvgIpc) is 2.89. The maximum atomic E-state index is 11.6. The molecule has 0 unspecified atom stereocenters. The molecule has 0 fully saturated rings. The van der Waals surface area contributed by atoms with Crippen molar-refractivity contribution in [1.29, 1.82) is 0 Å². The molecule has 9 heteroatoms. The largest absolute Gasteiger partial charge is 0.478 e. The third-order valence-corrected chi connectivity index (χ3v) is 4.41. The minimum atomic E-state index is -1.84. The van der Waals surface area contributed by atoms with E-state index in [1.807, 2.05) is 11.5 Å². The van der Waals surface area contributed by atoms with Crippen molar-refractivity contribution in [2.24, 2.45) is 0 Å². The summed E-state index contributed by atoms with van der Waals surface area (Å²) in [6.45, 7) is 5.43. The lowest BCUT2D eigenvalue weighted by molar-refractivity contribution is -0.807. The minimum absolute atomic E-state index is 0.310. The maximum absolute atomic E-state index is 11.6. The second-order valence-corrected chi connectivity index (χ2v) is 6.20. The molecule has 0 amide bonds. The number of aryl methyl sites for hydroxylation is 1. The standard InChI is InChI=1S/C14H19N5O4/c1-4-5-18-6-15-8-9(18)16-7-19-10(8)17-13(2,12(21)22)11(20)14(19,3)23/h6-7,11,20,23H,4-5H2,1-3H3,(H,21,22)/p+1/t11-,13+,14-/m1/s1. The molecule has 9 nitrogen and oxygen atoms in total. The van der Waals surface area contributed by atoms with Gasteiger partial charge in [-0.25, -0.2) is 14.3 Å². The highest BCUT2D eigenvalue weighted by molar-refractivity contribution is 5.88. The van der Waals surface area contributed by atoms with Crippen molar-refractivity contribution in [2.75, 3.05) is 5.32 Å². The Kier molecular flexibility index (Phi) is 3.31. The first kappa shape index (κ1) is 15.6. The van der Waals surface area contributed by atoms with E-state index in [0.29, 0.717) is 17.0 Å². The second kappa shape index (κ2) is 4.87. The maximum Gasteiger partial charge on any atom is 0.346 e. The molecular weight excluding hydrogens is 302 g/mol. The summed E-state index contributed by atoms with van der Waals surface area (Å²) in [7, 11) is 0. The molecule has 0 saturated carbocycles. The highest BCUT2D eigenvalue weighted by atomic mass is 16.4. The van der Waals surface area contributed by atoms with Crippen LogP contribution in [0.25, 0.3) is 11.2 Å². The first-order chi connectivity index (χ1) is 10.7. The van der Waals surface area contributed by atoms with Crippen LogP contribution in [0.4, 0.5) is 5.82 Å². The molecule has 0 aliphatic carbocycles. The molecule has 0 saturated heterocycles. The summed E-state index contributed by atoms with van der Waals surface area (Å²) < 4.78 is 3.17. The fraction of sp³-hybridized carbons (Fsp3) is 0.571. The number of aliphatic hydroxyl groups is 2. The van der Waals surface area contributed by atoms with Crippen LogP contribution in [0.3, 0.4) is 0 Å². The van der Waals surface area contributed by atoms with Gasteiger partial charge in [0.15, 0.2) is 11.6 Å². The normalized spacial score (nSPS) is 30.0. The smallest absolute Gasteiger partial charge is 0.346 e. The summed E-state index contributed by atoms with van der Waals surface area (Å²) in [6, 6.07) is 0. The van der Waals surface area contributed by atoms with E-state index in [4.69, 9.17) is 0 Å². The van der Waals surface area contributed by atoms with E-state index in [9.17, 15) is 20.1 Å². The highest BCUT2D eigenvalue weighted by Crippen LogP contribution is 2.33. The third-order valence-electron chi connectivity index (χ3n) is 4.41. The summed E-state index contributed by atoms with van der Waals surface area (Å²) in [6.07, 6.45) is 2.32. The van der Waals surface area contributed by atoms with Crippen LogP contribution in [0.15, 0.2) is 12.7 Å². The predicted molar refractivity (Wildman–Crippen MR) is 79.6 cm³/mol. The van der Waals surface area contributed by atoms with Gasteiger partial charge in [0, 0.05) is 13.5 Å². The molecule has 0 bridgehead atoms. The molecule has 2 aromatic heterocycles. The number of fused-ring (bicyclic) bond motifs is 3. The lowest BCUT2D eigenvalue weighted by Gasteiger charge is -2.41. The van der Waals surface area contributed by atoms with Crippen molar-refractivity contribution >= 4 is 23.0 Å². The van der Waals surface area contributed by atoms with Gasteiger partial charge in [-0.15, -0.1) is 0 Å². The summed E-state index contributed by atoms with van der Waals surface area (Å²) in [5, 5.41) is 33.4. The molecule has 3 rings (SSSR count). The SMILES string of the molecule is CCCn1cnc2c3[n+](cnc21)[C@](C)(O)[C@H](O)[C@@](C)(C(=O)O)N3. The number of aliphatic carboxylic acids is 1. The number of imidazole rings is 1. The number of nitrogens with zero attached hydrogens (tertiary/aromatic N) is 4. The van der Waals surface area contributed by atoms with E-state index in [0.717, 1.165) is 13.0 Å². The number of aromatic nitrogens is 4. The fourth-order valence-corrected chi connectivity index (χ4v) is 2.99. The molecule has 124 valence electrons. The van der Waals surface area contributed by atoms with E-state index >= 15 is 0 Å². The molecule has 2 aromatic rings. The number of carboxylic acid groups (broad SMARTS) is 1. The van der Waals surface area contributed by atoms with Gasteiger partial charge in [0.25, 0.3) is 5.82 Å². The summed E-state index contributed by atoms with van der Waals surface area (Å²) in [5.41, 5.74) is -2.57. The monoisotopic (exact) mass is 322 g/mol. The van der Waals surface area contributed by atoms with Gasteiger partial charge in [-0.3, -0.25) is 5.32 Å². The zero-order valence-corrected chi connectivity index (χ0v) is 13.2. The second-order valence-electron chi connectivity index (χ2n) is 6.20. The number of carbonyl (C=O) groups is 1. The van der Waals surface area contributed by atoms with Crippen LogP contribution in [0.2, 0.25) is 0 Å². The van der Waals surface area contributed by atoms with Crippen molar-refractivity contribution in [2.45, 2.75) is 51.1 Å². The number of hydrogen-bond donors (Lipinski definition) is 4. The molecule has 0 radical (unpaired) electrons. The molecule has 3 heterocycles. The van der Waals surface area contributed by atoms with Gasteiger partial charge < -0.3 is 19.9 Å². The Morgan fingerprint density at radius 3 is 2.78 bits per heavy atom. The Labute approximate surface area is 132 Å². The first-order valence-corrected chi connectivity index (χ1v) is 7.41. The van der Waals surface area contributed by atoms with Crippen LogP contribution in [0.5, 0.6) is 0 Å². The zero-order chi connectivity index (χ0) is 17.0. The van der Waals surface area contributed by atoms with Crippen molar-refractivity contribution in [3.63, 3.8) is 0 Å². The quantitative estimate of drug-likeness (QED) is 0.557. The van der Waals surface area contributed by atoms with Crippen LogP contribution in [0.1, 0.15) is 27.2 Å². The number of aliphatic hydroxyl groups excluding tert-OH is 1. The van der Waals surface area contributed by atoms with Crippen LogP contribution < -0.4 is 9.88 Å². The topological polar surface area (TPSA) is 124 Å². The molecule has 0 spiro atoms. The van der Waals surface area contributed by atoms with E-state index < -0.39 is 23.3 Å². The molecule has 1 aliphatic heterocycles. The summed E-state index contributed by atoms with van der Waals surface area (Å²) in [5.74, 6) is -0.959. The predicted octanol–water partition coefficient (Wildman–Crippen LogP) is -0.576. The number of anilines is 1. The first-order valence-electron chi connectivity index (χ1n) is 7.41. The van der Waals surface area contributed by atoms with E-state index in [1.54, 1.807) is 6.33 Å². The summed E-state index contributed by atoms with van der Waals surface area (Å²) >= 11 is 0. The van der Waals surface area contributed by atoms with Crippen molar-refractivity contribution in [3.05, 3.63) is 12.7 Å². The van der Waals surface area contributed by atoms with E-state index in [-0.39, 0.29) is 0 Å². The van der Waals surface area contributed by atoms with Crippen LogP contribution in [-0.4, -0.2) is 47.5 Å². The Hall–Kier alpha value is -2.26. The molecule has 23 heavy (non-hydrogen) atoms. The Balaban J connectivity index is 2.27. The molecule has 4 N–H and O–H groups in total. The molecule has 1 aliphatic rings. The van der Waals surface area contributed by atoms with E-state index in [2.05, 4.69) is 15.3 Å². The van der Waals surface area contributed by atoms with Gasteiger partial charge in [0.2, 0.25) is 23.2 Å².